The third kappa shape index (κ3) is 4.99. The van der Waals surface area contributed by atoms with Crippen molar-refractivity contribution in [3.63, 3.8) is 0 Å². The van der Waals surface area contributed by atoms with Crippen molar-refractivity contribution in [1.29, 1.82) is 0 Å². The van der Waals surface area contributed by atoms with Crippen molar-refractivity contribution < 1.29 is 0 Å². The lowest BCUT2D eigenvalue weighted by molar-refractivity contribution is 1.65. The van der Waals surface area contributed by atoms with Crippen LogP contribution in [0.1, 0.15) is 0 Å². The van der Waals surface area contributed by atoms with Crippen LogP contribution in [0.3, 0.4) is 0 Å². The second kappa shape index (κ2) is 8.38. The van der Waals surface area contributed by atoms with Crippen molar-refractivity contribution >= 4 is 92.2 Å². The lowest BCUT2D eigenvalue weighted by Crippen LogP contribution is -1.79. The molecule has 0 radical (unpaired) electrons. The van der Waals surface area contributed by atoms with Crippen molar-refractivity contribution in [2.45, 2.75) is 0 Å². The monoisotopic (exact) mass is 486 g/mol. The predicted octanol–water partition coefficient (Wildman–Crippen LogP) is 7.90. The molecule has 0 unspecified atom stereocenters. The van der Waals surface area contributed by atoms with E-state index in [4.69, 9.17) is 69.6 Å². The van der Waals surface area contributed by atoms with Crippen LogP contribution in [0.25, 0.3) is 0 Å². The van der Waals surface area contributed by atoms with Gasteiger partial charge in [-0.1, -0.05) is 87.8 Å². The molecule has 0 aliphatic carbocycles. The summed E-state index contributed by atoms with van der Waals surface area (Å²) in [4.78, 5) is 0. The van der Waals surface area contributed by atoms with Crippen LogP contribution in [0.15, 0.2) is 30.3 Å². The van der Waals surface area contributed by atoms with Crippen LogP contribution in [0, 0.1) is 3.57 Å². The molecule has 0 aliphatic rings. The van der Waals surface area contributed by atoms with Crippen molar-refractivity contribution in [1.82, 2.24) is 0 Å². The molecule has 0 N–H and O–H groups in total. The molecule has 0 aliphatic heterocycles. The van der Waals surface area contributed by atoms with Gasteiger partial charge in [-0.25, -0.2) is 0 Å². The zero-order chi connectivity index (χ0) is 14.6. The fourth-order valence-electron chi connectivity index (χ4n) is 0.993. The average Bonchev–Trinajstić information content (AvgIpc) is 2.42. The van der Waals surface area contributed by atoms with Crippen LogP contribution in [0.4, 0.5) is 0 Å². The Kier molecular flexibility index (Phi) is 7.92. The summed E-state index contributed by atoms with van der Waals surface area (Å²) < 4.78 is 1.29. The summed E-state index contributed by atoms with van der Waals surface area (Å²) in [6, 6.07) is 10.2. The molecule has 0 saturated carbocycles. The van der Waals surface area contributed by atoms with Gasteiger partial charge in [0, 0.05) is 3.57 Å². The Bertz CT molecular complexity index is 465. The van der Waals surface area contributed by atoms with Crippen LogP contribution in [0.5, 0.6) is 0 Å². The lowest BCUT2D eigenvalue weighted by atomic mass is 10.3. The first-order chi connectivity index (χ1) is 8.86. The maximum atomic E-state index is 5.67. The quantitative estimate of drug-likeness (QED) is 0.201. The maximum Gasteiger partial charge on any atom is 0.0810 e. The first-order valence-electron chi connectivity index (χ1n) is 4.73. The minimum Gasteiger partial charge on any atom is -0.0810 e. The molecule has 0 saturated heterocycles. The molecule has 0 fully saturated rings. The third-order valence-corrected chi connectivity index (χ3v) is 5.46. The van der Waals surface area contributed by atoms with E-state index in [1.54, 1.807) is 0 Å². The second-order valence-corrected chi connectivity index (χ2v) is 6.69. The molecule has 2 rings (SSSR count). The number of hydrogen-bond acceptors (Lipinski definition) is 0. The molecule has 0 spiro atoms. The van der Waals surface area contributed by atoms with Gasteiger partial charge in [0.1, 0.15) is 0 Å². The van der Waals surface area contributed by atoms with E-state index in [1.165, 1.54) is 3.57 Å². The smallest absolute Gasteiger partial charge is 0.0810 e. The molecular weight excluding hydrogens is 484 g/mol. The van der Waals surface area contributed by atoms with Crippen molar-refractivity contribution in [2.75, 3.05) is 0 Å². The van der Waals surface area contributed by atoms with Gasteiger partial charge in [-0.2, -0.15) is 0 Å². The van der Waals surface area contributed by atoms with E-state index >= 15 is 0 Å². The number of hydrogen-bond donors (Lipinski definition) is 0. The summed E-state index contributed by atoms with van der Waals surface area (Å²) in [7, 11) is 0. The minimum atomic E-state index is 0.109. The highest BCUT2D eigenvalue weighted by molar-refractivity contribution is 14.1. The Labute approximate surface area is 155 Å². The molecule has 0 heterocycles. The summed E-state index contributed by atoms with van der Waals surface area (Å²) in [5.74, 6) is 0. The fraction of sp³-hybridized carbons (Fsp3) is 0. The highest BCUT2D eigenvalue weighted by Crippen LogP contribution is 2.45. The van der Waals surface area contributed by atoms with Crippen LogP contribution in [-0.2, 0) is 0 Å². The second-order valence-electron chi connectivity index (χ2n) is 3.18. The van der Waals surface area contributed by atoms with Gasteiger partial charge in [-0.05, 0) is 34.7 Å². The van der Waals surface area contributed by atoms with E-state index < -0.39 is 0 Å². The molecule has 2 aromatic rings. The maximum absolute atomic E-state index is 5.67. The molecule has 2 aromatic carbocycles. The fourth-order valence-corrected chi connectivity index (χ4v) is 2.83. The topological polar surface area (TPSA) is 0 Å². The normalized spacial score (nSPS) is 9.84. The Hall–Kier alpha value is 0.910. The molecule has 0 amide bonds. The first-order valence-corrected chi connectivity index (χ1v) is 8.08. The van der Waals surface area contributed by atoms with E-state index in [2.05, 4.69) is 34.7 Å². The van der Waals surface area contributed by atoms with E-state index in [0.29, 0.717) is 0 Å². The average molecular weight is 489 g/mol. The largest absolute Gasteiger partial charge is 0.0810 e. The first kappa shape index (κ1) is 18.0. The Balaban J connectivity index is 0.000000218. The summed E-state index contributed by atoms with van der Waals surface area (Å²) in [6.07, 6.45) is 0. The molecule has 102 valence electrons. The van der Waals surface area contributed by atoms with Gasteiger partial charge in [0.25, 0.3) is 0 Å². The summed E-state index contributed by atoms with van der Waals surface area (Å²) in [6.45, 7) is 0. The predicted molar refractivity (Wildman–Crippen MR) is 95.7 cm³/mol. The number of halogens is 7. The summed E-state index contributed by atoms with van der Waals surface area (Å²) >= 11 is 36.3. The van der Waals surface area contributed by atoms with E-state index in [9.17, 15) is 0 Å². The van der Waals surface area contributed by atoms with Crippen LogP contribution < -0.4 is 0 Å². The van der Waals surface area contributed by atoms with Gasteiger partial charge in [-0.3, -0.25) is 0 Å². The molecular formula is C12H5Cl6I. The third-order valence-electron chi connectivity index (χ3n) is 1.89. The van der Waals surface area contributed by atoms with E-state index in [0.717, 1.165) is 0 Å². The van der Waals surface area contributed by atoms with Gasteiger partial charge in [-0.15, -0.1) is 0 Å². The Morgan fingerprint density at radius 1 is 0.526 bits per heavy atom. The van der Waals surface area contributed by atoms with E-state index in [-0.39, 0.29) is 30.1 Å². The molecule has 0 nitrogen and oxygen atoms in total. The molecule has 19 heavy (non-hydrogen) atoms. The zero-order valence-electron chi connectivity index (χ0n) is 9.03. The van der Waals surface area contributed by atoms with Gasteiger partial charge in [0.05, 0.1) is 30.1 Å². The highest BCUT2D eigenvalue weighted by Gasteiger charge is 2.17. The molecule has 0 atom stereocenters. The van der Waals surface area contributed by atoms with Crippen molar-refractivity contribution in [3.05, 3.63) is 64.0 Å². The van der Waals surface area contributed by atoms with Crippen LogP contribution in [-0.4, -0.2) is 0 Å². The van der Waals surface area contributed by atoms with Crippen LogP contribution in [0.2, 0.25) is 30.1 Å². The Morgan fingerprint density at radius 2 is 0.789 bits per heavy atom. The lowest BCUT2D eigenvalue weighted by Gasteiger charge is -2.06. The standard InChI is InChI=1S/C6Cl6.C6H5I/c7-1-2(8)4(10)6(12)5(11)3(1)9;7-6-4-2-1-3-5-6/h;1-5H. The van der Waals surface area contributed by atoms with Crippen LogP contribution >= 0.6 is 92.2 Å². The zero-order valence-corrected chi connectivity index (χ0v) is 15.7. The minimum absolute atomic E-state index is 0.109. The van der Waals surface area contributed by atoms with E-state index in [1.807, 2.05) is 18.2 Å². The number of rotatable bonds is 0. The summed E-state index contributed by atoms with van der Waals surface area (Å²) in [5.41, 5.74) is 0. The Morgan fingerprint density at radius 3 is 0.947 bits per heavy atom. The van der Waals surface area contributed by atoms with Gasteiger partial charge in [0.15, 0.2) is 0 Å². The number of benzene rings is 2. The van der Waals surface area contributed by atoms with Crippen molar-refractivity contribution in [3.8, 4) is 0 Å². The molecule has 0 aromatic heterocycles. The molecule has 7 heteroatoms. The summed E-state index contributed by atoms with van der Waals surface area (Å²) in [5, 5.41) is 0.654. The van der Waals surface area contributed by atoms with Gasteiger partial charge < -0.3 is 0 Å². The van der Waals surface area contributed by atoms with Crippen molar-refractivity contribution in [2.24, 2.45) is 0 Å². The SMILES string of the molecule is Clc1c(Cl)c(Cl)c(Cl)c(Cl)c1Cl.Ic1ccccc1. The highest BCUT2D eigenvalue weighted by atomic mass is 127. The van der Waals surface area contributed by atoms with Gasteiger partial charge in [0.2, 0.25) is 0 Å². The van der Waals surface area contributed by atoms with Gasteiger partial charge >= 0.3 is 0 Å². The molecule has 0 bridgehead atoms.